The Morgan fingerprint density at radius 1 is 1.20 bits per heavy atom. The van der Waals surface area contributed by atoms with E-state index in [2.05, 4.69) is 10.1 Å². The first-order valence-electron chi connectivity index (χ1n) is 8.73. The van der Waals surface area contributed by atoms with Gasteiger partial charge >= 0.3 is 6.03 Å². The van der Waals surface area contributed by atoms with Gasteiger partial charge in [0.1, 0.15) is 5.76 Å². The second-order valence-corrected chi connectivity index (χ2v) is 6.53. The minimum atomic E-state index is 0.0658. The molecule has 2 aliphatic heterocycles. The lowest BCUT2D eigenvalue weighted by molar-refractivity contribution is 0.0403. The van der Waals surface area contributed by atoms with E-state index in [-0.39, 0.29) is 11.9 Å². The number of furan rings is 1. The van der Waals surface area contributed by atoms with Gasteiger partial charge in [-0.15, -0.1) is 0 Å². The van der Waals surface area contributed by atoms with Crippen LogP contribution in [0.25, 0.3) is 11.6 Å². The van der Waals surface area contributed by atoms with Crippen molar-refractivity contribution in [2.75, 3.05) is 39.4 Å². The molecule has 4 heterocycles. The first-order chi connectivity index (χ1) is 12.2. The number of morpholine rings is 1. The highest BCUT2D eigenvalue weighted by molar-refractivity contribution is 5.74. The standard InChI is InChI=1S/C17H22N4O4/c1-12-4-5-14(24-12)15-18-16(25-19-15)13-3-2-6-21(11-13)17(22)20-7-9-23-10-8-20/h4-5,13H,2-3,6-11H2,1H3. The monoisotopic (exact) mass is 346 g/mol. The zero-order valence-corrected chi connectivity index (χ0v) is 14.3. The molecule has 2 saturated heterocycles. The lowest BCUT2D eigenvalue weighted by Crippen LogP contribution is -2.50. The van der Waals surface area contributed by atoms with Crippen LogP contribution in [0.2, 0.25) is 0 Å². The summed E-state index contributed by atoms with van der Waals surface area (Å²) in [4.78, 5) is 20.9. The second kappa shape index (κ2) is 6.87. The number of likely N-dealkylation sites (tertiary alicyclic amines) is 1. The number of carbonyl (C=O) groups is 1. The molecule has 0 aromatic carbocycles. The number of hydrogen-bond acceptors (Lipinski definition) is 6. The van der Waals surface area contributed by atoms with Gasteiger partial charge < -0.3 is 23.5 Å². The number of rotatable bonds is 2. The average Bonchev–Trinajstić information content (AvgIpc) is 3.31. The molecular formula is C17H22N4O4. The van der Waals surface area contributed by atoms with Crippen molar-refractivity contribution < 1.29 is 18.5 Å². The predicted molar refractivity (Wildman–Crippen MR) is 88.1 cm³/mol. The third-order valence-electron chi connectivity index (χ3n) is 4.73. The molecule has 0 bridgehead atoms. The normalized spacial score (nSPS) is 21.6. The number of amides is 2. The Bertz CT molecular complexity index is 735. The number of urea groups is 1. The maximum atomic E-state index is 12.7. The van der Waals surface area contributed by atoms with Crippen LogP contribution in [0.3, 0.4) is 0 Å². The van der Waals surface area contributed by atoms with E-state index in [1.807, 2.05) is 28.9 Å². The van der Waals surface area contributed by atoms with Crippen LogP contribution in [0.4, 0.5) is 4.79 Å². The molecule has 1 unspecified atom stereocenters. The van der Waals surface area contributed by atoms with Crippen molar-refractivity contribution in [1.82, 2.24) is 19.9 Å². The molecule has 0 spiro atoms. The number of ether oxygens (including phenoxy) is 1. The molecule has 2 aromatic heterocycles. The van der Waals surface area contributed by atoms with Crippen LogP contribution < -0.4 is 0 Å². The molecule has 0 N–H and O–H groups in total. The van der Waals surface area contributed by atoms with Gasteiger partial charge in [0.05, 0.1) is 19.1 Å². The van der Waals surface area contributed by atoms with E-state index in [1.54, 1.807) is 0 Å². The Balaban J connectivity index is 1.44. The molecule has 134 valence electrons. The van der Waals surface area contributed by atoms with E-state index in [4.69, 9.17) is 13.7 Å². The Morgan fingerprint density at radius 2 is 2.04 bits per heavy atom. The SMILES string of the molecule is Cc1ccc(-c2noc(C3CCCN(C(=O)N4CCOCC4)C3)n2)o1. The fourth-order valence-corrected chi connectivity index (χ4v) is 3.36. The molecule has 1 atom stereocenters. The van der Waals surface area contributed by atoms with Gasteiger partial charge in [-0.1, -0.05) is 5.16 Å². The summed E-state index contributed by atoms with van der Waals surface area (Å²) in [5, 5.41) is 4.02. The molecule has 2 fully saturated rings. The van der Waals surface area contributed by atoms with Crippen LogP contribution in [0.5, 0.6) is 0 Å². The molecule has 2 aromatic rings. The number of carbonyl (C=O) groups excluding carboxylic acids is 1. The van der Waals surface area contributed by atoms with Crippen molar-refractivity contribution in [2.45, 2.75) is 25.7 Å². The number of aromatic nitrogens is 2. The van der Waals surface area contributed by atoms with E-state index >= 15 is 0 Å². The zero-order chi connectivity index (χ0) is 17.2. The van der Waals surface area contributed by atoms with E-state index in [9.17, 15) is 4.79 Å². The highest BCUT2D eigenvalue weighted by atomic mass is 16.5. The summed E-state index contributed by atoms with van der Waals surface area (Å²) in [5.41, 5.74) is 0. The average molecular weight is 346 g/mol. The largest absolute Gasteiger partial charge is 0.458 e. The number of hydrogen-bond donors (Lipinski definition) is 0. The van der Waals surface area contributed by atoms with Crippen LogP contribution in [0, 0.1) is 6.92 Å². The van der Waals surface area contributed by atoms with E-state index in [0.29, 0.717) is 50.3 Å². The van der Waals surface area contributed by atoms with Crippen molar-refractivity contribution >= 4 is 6.03 Å². The fourth-order valence-electron chi connectivity index (χ4n) is 3.36. The summed E-state index contributed by atoms with van der Waals surface area (Å²) in [6.45, 7) is 5.78. The molecule has 25 heavy (non-hydrogen) atoms. The van der Waals surface area contributed by atoms with Gasteiger partial charge in [-0.3, -0.25) is 0 Å². The lowest BCUT2D eigenvalue weighted by atomic mass is 9.98. The number of nitrogens with zero attached hydrogens (tertiary/aromatic N) is 4. The van der Waals surface area contributed by atoms with Crippen LogP contribution in [0.15, 0.2) is 21.1 Å². The second-order valence-electron chi connectivity index (χ2n) is 6.53. The van der Waals surface area contributed by atoms with E-state index in [0.717, 1.165) is 25.1 Å². The van der Waals surface area contributed by atoms with Gasteiger partial charge in [-0.25, -0.2) is 4.79 Å². The Morgan fingerprint density at radius 3 is 2.80 bits per heavy atom. The molecule has 0 saturated carbocycles. The zero-order valence-electron chi connectivity index (χ0n) is 14.3. The van der Waals surface area contributed by atoms with Gasteiger partial charge in [-0.05, 0) is 31.9 Å². The first kappa shape index (κ1) is 16.1. The van der Waals surface area contributed by atoms with Gasteiger partial charge in [-0.2, -0.15) is 4.98 Å². The van der Waals surface area contributed by atoms with Crippen molar-refractivity contribution in [3.8, 4) is 11.6 Å². The van der Waals surface area contributed by atoms with Crippen LogP contribution >= 0.6 is 0 Å². The molecule has 0 radical (unpaired) electrons. The summed E-state index contributed by atoms with van der Waals surface area (Å²) in [6.07, 6.45) is 1.87. The topological polar surface area (TPSA) is 84.8 Å². The lowest BCUT2D eigenvalue weighted by Gasteiger charge is -2.36. The van der Waals surface area contributed by atoms with Gasteiger partial charge in [0.25, 0.3) is 0 Å². The summed E-state index contributed by atoms with van der Waals surface area (Å²) in [7, 11) is 0. The Labute approximate surface area is 145 Å². The number of aryl methyl sites for hydroxylation is 1. The Kier molecular flexibility index (Phi) is 4.44. The first-order valence-corrected chi connectivity index (χ1v) is 8.73. The predicted octanol–water partition coefficient (Wildman–Crippen LogP) is 2.27. The molecule has 2 amide bonds. The van der Waals surface area contributed by atoms with Crippen molar-refractivity contribution in [1.29, 1.82) is 0 Å². The van der Waals surface area contributed by atoms with Crippen LogP contribution in [-0.2, 0) is 4.74 Å². The minimum absolute atomic E-state index is 0.0658. The summed E-state index contributed by atoms with van der Waals surface area (Å²) in [6, 6.07) is 3.78. The van der Waals surface area contributed by atoms with Gasteiger partial charge in [0.15, 0.2) is 5.76 Å². The molecule has 4 rings (SSSR count). The molecular weight excluding hydrogens is 324 g/mol. The maximum Gasteiger partial charge on any atom is 0.320 e. The highest BCUT2D eigenvalue weighted by Crippen LogP contribution is 2.28. The van der Waals surface area contributed by atoms with Crippen LogP contribution in [-0.4, -0.2) is 65.4 Å². The third-order valence-corrected chi connectivity index (χ3v) is 4.73. The third kappa shape index (κ3) is 3.39. The van der Waals surface area contributed by atoms with Crippen molar-refractivity contribution in [2.24, 2.45) is 0 Å². The molecule has 2 aliphatic rings. The smallest absolute Gasteiger partial charge is 0.320 e. The van der Waals surface area contributed by atoms with Crippen LogP contribution in [0.1, 0.15) is 30.4 Å². The number of piperidine rings is 1. The Hall–Kier alpha value is -2.35. The van der Waals surface area contributed by atoms with Crippen molar-refractivity contribution in [3.63, 3.8) is 0 Å². The summed E-state index contributed by atoms with van der Waals surface area (Å²) >= 11 is 0. The fraction of sp³-hybridized carbons (Fsp3) is 0.588. The van der Waals surface area contributed by atoms with Crippen molar-refractivity contribution in [3.05, 3.63) is 23.8 Å². The van der Waals surface area contributed by atoms with Gasteiger partial charge in [0.2, 0.25) is 11.7 Å². The maximum absolute atomic E-state index is 12.7. The molecule has 8 nitrogen and oxygen atoms in total. The molecule has 8 heteroatoms. The van der Waals surface area contributed by atoms with E-state index in [1.165, 1.54) is 0 Å². The van der Waals surface area contributed by atoms with E-state index < -0.39 is 0 Å². The van der Waals surface area contributed by atoms with Gasteiger partial charge in [0, 0.05) is 26.2 Å². The highest BCUT2D eigenvalue weighted by Gasteiger charge is 2.31. The molecule has 0 aliphatic carbocycles. The summed E-state index contributed by atoms with van der Waals surface area (Å²) in [5.74, 6) is 2.50. The minimum Gasteiger partial charge on any atom is -0.458 e. The summed E-state index contributed by atoms with van der Waals surface area (Å²) < 4.78 is 16.3. The quantitative estimate of drug-likeness (QED) is 0.829.